The fourth-order valence-electron chi connectivity index (χ4n) is 2.39. The van der Waals surface area contributed by atoms with Gasteiger partial charge in [-0.2, -0.15) is 0 Å². The van der Waals surface area contributed by atoms with Gasteiger partial charge >= 0.3 is 5.97 Å². The van der Waals surface area contributed by atoms with Crippen LogP contribution in [0, 0.1) is 5.82 Å². The zero-order chi connectivity index (χ0) is 15.7. The van der Waals surface area contributed by atoms with Crippen LogP contribution in [-0.2, 0) is 4.74 Å². The maximum atomic E-state index is 14.3. The lowest BCUT2D eigenvalue weighted by Crippen LogP contribution is -2.05. The zero-order valence-corrected chi connectivity index (χ0v) is 12.4. The van der Waals surface area contributed by atoms with Crippen LogP contribution in [0.25, 0.3) is 21.9 Å². The van der Waals surface area contributed by atoms with Crippen molar-refractivity contribution in [3.63, 3.8) is 0 Å². The number of carbonyl (C=O) groups is 1. The molecule has 0 unspecified atom stereocenters. The summed E-state index contributed by atoms with van der Waals surface area (Å²) in [6, 6.07) is 11.3. The number of carbonyl (C=O) groups excluding carboxylic acids is 1. The van der Waals surface area contributed by atoms with E-state index in [1.165, 1.54) is 25.3 Å². The molecule has 0 atom stereocenters. The Hall–Kier alpha value is -2.46. The fourth-order valence-corrected chi connectivity index (χ4v) is 2.62. The summed E-state index contributed by atoms with van der Waals surface area (Å²) in [5.74, 6) is -1.07. The minimum absolute atomic E-state index is 0.182. The summed E-state index contributed by atoms with van der Waals surface area (Å²) in [5, 5.41) is 1.96. The minimum atomic E-state index is -0.581. The molecule has 3 aromatic rings. The molecule has 0 aliphatic heterocycles. The number of pyridine rings is 1. The molecule has 0 fully saturated rings. The van der Waals surface area contributed by atoms with Gasteiger partial charge in [-0.25, -0.2) is 14.2 Å². The fraction of sp³-hybridized carbons (Fsp3) is 0.0588. The molecular formula is C17H11ClFNO2. The van der Waals surface area contributed by atoms with Crippen LogP contribution in [0.1, 0.15) is 10.4 Å². The average Bonchev–Trinajstić information content (AvgIpc) is 2.53. The molecule has 22 heavy (non-hydrogen) atoms. The largest absolute Gasteiger partial charge is 0.465 e. The van der Waals surface area contributed by atoms with E-state index in [1.54, 1.807) is 30.5 Å². The number of ether oxygens (including phenoxy) is 1. The second kappa shape index (κ2) is 5.73. The molecule has 0 radical (unpaired) electrons. The van der Waals surface area contributed by atoms with Gasteiger partial charge in [-0.05, 0) is 35.2 Å². The van der Waals surface area contributed by atoms with Crippen molar-refractivity contribution in [3.8, 4) is 11.1 Å². The molecule has 1 aromatic heterocycles. The van der Waals surface area contributed by atoms with Gasteiger partial charge in [0.05, 0.1) is 12.7 Å². The van der Waals surface area contributed by atoms with Crippen molar-refractivity contribution in [2.45, 2.75) is 0 Å². The second-order valence-electron chi connectivity index (χ2n) is 4.69. The van der Waals surface area contributed by atoms with Crippen molar-refractivity contribution < 1.29 is 13.9 Å². The third-order valence-corrected chi connectivity index (χ3v) is 3.72. The number of aromatic nitrogens is 1. The molecule has 0 spiro atoms. The number of hydrogen-bond donors (Lipinski definition) is 0. The van der Waals surface area contributed by atoms with E-state index in [0.717, 1.165) is 10.8 Å². The Labute approximate surface area is 131 Å². The van der Waals surface area contributed by atoms with Crippen LogP contribution in [0.4, 0.5) is 4.39 Å². The third-order valence-electron chi connectivity index (χ3n) is 3.42. The lowest BCUT2D eigenvalue weighted by Gasteiger charge is -2.10. The lowest BCUT2D eigenvalue weighted by atomic mass is 9.97. The van der Waals surface area contributed by atoms with E-state index in [4.69, 9.17) is 16.3 Å². The van der Waals surface area contributed by atoms with Gasteiger partial charge in [0.15, 0.2) is 0 Å². The van der Waals surface area contributed by atoms with E-state index in [2.05, 4.69) is 4.98 Å². The van der Waals surface area contributed by atoms with Crippen LogP contribution < -0.4 is 0 Å². The van der Waals surface area contributed by atoms with Gasteiger partial charge in [0.2, 0.25) is 0 Å². The van der Waals surface area contributed by atoms with Gasteiger partial charge in [0, 0.05) is 17.1 Å². The van der Waals surface area contributed by atoms with Crippen molar-refractivity contribution in [2.24, 2.45) is 0 Å². The molecule has 1 heterocycles. The highest BCUT2D eigenvalue weighted by Gasteiger charge is 2.17. The normalized spacial score (nSPS) is 10.7. The second-order valence-corrected chi connectivity index (χ2v) is 5.05. The molecule has 110 valence electrons. The number of fused-ring (bicyclic) bond motifs is 1. The first-order chi connectivity index (χ1) is 10.6. The topological polar surface area (TPSA) is 39.2 Å². The van der Waals surface area contributed by atoms with Gasteiger partial charge in [-0.15, -0.1) is 0 Å². The smallest absolute Gasteiger partial charge is 0.338 e. The number of nitrogens with zero attached hydrogens (tertiary/aromatic N) is 1. The molecule has 0 saturated carbocycles. The number of methoxy groups -OCH3 is 1. The highest BCUT2D eigenvalue weighted by Crippen LogP contribution is 2.31. The summed E-state index contributed by atoms with van der Waals surface area (Å²) in [4.78, 5) is 15.9. The summed E-state index contributed by atoms with van der Waals surface area (Å²) in [5.41, 5.74) is 0.972. The highest BCUT2D eigenvalue weighted by atomic mass is 35.5. The number of benzene rings is 2. The minimum Gasteiger partial charge on any atom is -0.465 e. The Morgan fingerprint density at radius 3 is 2.82 bits per heavy atom. The SMILES string of the molecule is COC(=O)c1cccc(F)c1-c1ccc2c(Cl)nccc2c1. The van der Waals surface area contributed by atoms with E-state index in [9.17, 15) is 9.18 Å². The van der Waals surface area contributed by atoms with Crippen LogP contribution in [0.2, 0.25) is 5.15 Å². The molecule has 0 N–H and O–H groups in total. The Kier molecular flexibility index (Phi) is 3.77. The maximum Gasteiger partial charge on any atom is 0.338 e. The first kappa shape index (κ1) is 14.5. The summed E-state index contributed by atoms with van der Waals surface area (Å²) < 4.78 is 19.0. The molecule has 5 heteroatoms. The van der Waals surface area contributed by atoms with Crippen molar-refractivity contribution in [3.05, 3.63) is 65.2 Å². The summed E-state index contributed by atoms with van der Waals surface area (Å²) in [6.07, 6.45) is 1.58. The third kappa shape index (κ3) is 2.42. The van der Waals surface area contributed by atoms with Gasteiger partial charge < -0.3 is 4.74 Å². The number of rotatable bonds is 2. The zero-order valence-electron chi connectivity index (χ0n) is 11.6. The van der Waals surface area contributed by atoms with E-state index in [0.29, 0.717) is 10.7 Å². The highest BCUT2D eigenvalue weighted by molar-refractivity contribution is 6.34. The standard InChI is InChI=1S/C17H11ClFNO2/c1-22-17(21)13-3-2-4-14(19)15(13)11-5-6-12-10(9-11)7-8-20-16(12)18/h2-9H,1H3. The summed E-state index contributed by atoms with van der Waals surface area (Å²) >= 11 is 6.03. The van der Waals surface area contributed by atoms with Gasteiger partial charge in [-0.1, -0.05) is 29.8 Å². The molecule has 2 aromatic carbocycles. The number of esters is 1. The quantitative estimate of drug-likeness (QED) is 0.517. The number of halogens is 2. The Morgan fingerprint density at radius 2 is 2.05 bits per heavy atom. The molecule has 3 nitrogen and oxygen atoms in total. The molecule has 0 amide bonds. The average molecular weight is 316 g/mol. The first-order valence-electron chi connectivity index (χ1n) is 6.53. The van der Waals surface area contributed by atoms with Crippen molar-refractivity contribution >= 4 is 28.3 Å². The predicted octanol–water partition coefficient (Wildman–Crippen LogP) is 4.48. The van der Waals surface area contributed by atoms with Crippen molar-refractivity contribution in [1.82, 2.24) is 4.98 Å². The summed E-state index contributed by atoms with van der Waals surface area (Å²) in [6.45, 7) is 0. The molecule has 0 saturated heterocycles. The molecule has 0 aliphatic rings. The van der Waals surface area contributed by atoms with E-state index < -0.39 is 11.8 Å². The van der Waals surface area contributed by atoms with Crippen molar-refractivity contribution in [2.75, 3.05) is 7.11 Å². The van der Waals surface area contributed by atoms with Crippen LogP contribution in [0.3, 0.4) is 0 Å². The van der Waals surface area contributed by atoms with Crippen LogP contribution in [0.5, 0.6) is 0 Å². The predicted molar refractivity (Wildman–Crippen MR) is 83.5 cm³/mol. The van der Waals surface area contributed by atoms with Crippen LogP contribution in [-0.4, -0.2) is 18.1 Å². The number of hydrogen-bond acceptors (Lipinski definition) is 3. The van der Waals surface area contributed by atoms with E-state index in [1.807, 2.05) is 0 Å². The molecular weight excluding hydrogens is 305 g/mol. The van der Waals surface area contributed by atoms with Gasteiger partial charge in [-0.3, -0.25) is 0 Å². The van der Waals surface area contributed by atoms with Crippen LogP contribution >= 0.6 is 11.6 Å². The molecule has 3 rings (SSSR count). The molecule has 0 aliphatic carbocycles. The van der Waals surface area contributed by atoms with Crippen molar-refractivity contribution in [1.29, 1.82) is 0 Å². The first-order valence-corrected chi connectivity index (χ1v) is 6.91. The van der Waals surface area contributed by atoms with Gasteiger partial charge in [0.25, 0.3) is 0 Å². The Morgan fingerprint density at radius 1 is 1.23 bits per heavy atom. The Balaban J connectivity index is 2.26. The Bertz CT molecular complexity index is 880. The van der Waals surface area contributed by atoms with E-state index >= 15 is 0 Å². The lowest BCUT2D eigenvalue weighted by molar-refractivity contribution is 0.0601. The van der Waals surface area contributed by atoms with E-state index in [-0.39, 0.29) is 11.1 Å². The summed E-state index contributed by atoms with van der Waals surface area (Å²) in [7, 11) is 1.27. The monoisotopic (exact) mass is 315 g/mol. The maximum absolute atomic E-state index is 14.3. The molecule has 0 bridgehead atoms. The van der Waals surface area contributed by atoms with Crippen LogP contribution in [0.15, 0.2) is 48.7 Å². The van der Waals surface area contributed by atoms with Gasteiger partial charge in [0.1, 0.15) is 11.0 Å².